The molecule has 0 aromatic carbocycles. The quantitative estimate of drug-likeness (QED) is 0.0222. The van der Waals surface area contributed by atoms with Crippen LogP contribution in [0.25, 0.3) is 0 Å². The van der Waals surface area contributed by atoms with Crippen LogP contribution in [0.3, 0.4) is 0 Å². The molecule has 0 aliphatic carbocycles. The number of hydrogen-bond donors (Lipinski definition) is 3. The number of aliphatic hydroxyl groups excluding tert-OH is 1. The van der Waals surface area contributed by atoms with E-state index in [1.54, 1.807) is 0 Å². The SMILES string of the molecule is CCCCCCCCCCCCCCCCCCCCCCC(=O)O[C@H](COC(=O)CCCCCCCCC(C)C)COP(=O)(O)OC[C@@H](O)COP(=O)(O)OC[C@@H](COC(=O)CCCCCCC)OC(=O)CCCCCCCCCCC. The molecule has 0 aromatic heterocycles. The maximum absolute atomic E-state index is 13.0. The average Bonchev–Trinajstić information content (AvgIpc) is 3.48. The van der Waals surface area contributed by atoms with Crippen molar-refractivity contribution in [1.29, 1.82) is 0 Å². The number of ether oxygens (including phenoxy) is 4. The summed E-state index contributed by atoms with van der Waals surface area (Å²) in [4.78, 5) is 71.8. The van der Waals surface area contributed by atoms with Crippen LogP contribution in [0.5, 0.6) is 0 Å². The zero-order chi connectivity index (χ0) is 61.3. The van der Waals surface area contributed by atoms with Gasteiger partial charge in [-0.1, -0.05) is 272 Å². The molecule has 0 aliphatic rings. The minimum atomic E-state index is -4.94. The summed E-state index contributed by atoms with van der Waals surface area (Å²) in [6.07, 6.45) is 42.4. The molecule has 0 rings (SSSR count). The van der Waals surface area contributed by atoms with E-state index in [1.807, 2.05) is 0 Å². The zero-order valence-corrected chi connectivity index (χ0v) is 55.1. The summed E-state index contributed by atoms with van der Waals surface area (Å²) >= 11 is 0. The summed E-state index contributed by atoms with van der Waals surface area (Å²) in [5.74, 6) is -1.47. The molecule has 0 amide bonds. The Kier molecular flexibility index (Phi) is 56.4. The molecule has 5 atom stereocenters. The van der Waals surface area contributed by atoms with Crippen molar-refractivity contribution in [3.8, 4) is 0 Å². The standard InChI is InChI=1S/C64H124O17P2/c1-6-9-12-15-17-19-20-21-22-23-24-25-26-27-28-29-31-33-40-45-50-64(69)81-60(54-75-62(67)48-43-38-35-34-37-41-46-57(4)5)56-79-83(72,73)77-52-58(65)51-76-82(70,71)78-55-59(53-74-61(66)47-42-36-14-11-8-3)80-63(68)49-44-39-32-30-18-16-13-10-7-2/h57-60,65H,6-56H2,1-5H3,(H,70,71)(H,72,73)/t58-,59+,60+/m0/s1. The van der Waals surface area contributed by atoms with Gasteiger partial charge >= 0.3 is 39.5 Å². The van der Waals surface area contributed by atoms with Crippen LogP contribution in [-0.4, -0.2) is 96.7 Å². The first-order valence-electron chi connectivity index (χ1n) is 33.6. The Hall–Kier alpha value is -1.94. The topological polar surface area (TPSA) is 237 Å². The van der Waals surface area contributed by atoms with Gasteiger partial charge in [-0.05, 0) is 31.6 Å². The monoisotopic (exact) mass is 1230 g/mol. The number of unbranched alkanes of at least 4 members (excludes halogenated alkanes) is 36. The van der Waals surface area contributed by atoms with Crippen molar-refractivity contribution < 1.29 is 80.2 Å². The lowest BCUT2D eigenvalue weighted by Crippen LogP contribution is -2.30. The van der Waals surface area contributed by atoms with Crippen LogP contribution >= 0.6 is 15.6 Å². The van der Waals surface area contributed by atoms with Gasteiger partial charge in [0.25, 0.3) is 0 Å². The molecule has 0 saturated carbocycles. The third-order valence-electron chi connectivity index (χ3n) is 14.8. The fourth-order valence-electron chi connectivity index (χ4n) is 9.58. The summed E-state index contributed by atoms with van der Waals surface area (Å²) < 4.78 is 67.7. The van der Waals surface area contributed by atoms with Gasteiger partial charge in [0.05, 0.1) is 26.4 Å². The van der Waals surface area contributed by atoms with Crippen LogP contribution in [0.15, 0.2) is 0 Å². The van der Waals surface area contributed by atoms with Crippen molar-refractivity contribution in [2.45, 2.75) is 342 Å². The molecule has 19 heteroatoms. The Morgan fingerprint density at radius 3 is 0.819 bits per heavy atom. The first-order chi connectivity index (χ1) is 40.0. The highest BCUT2D eigenvalue weighted by Gasteiger charge is 2.30. The number of esters is 4. The van der Waals surface area contributed by atoms with E-state index >= 15 is 0 Å². The molecule has 0 spiro atoms. The Morgan fingerprint density at radius 1 is 0.325 bits per heavy atom. The van der Waals surface area contributed by atoms with E-state index in [0.29, 0.717) is 31.6 Å². The molecule has 0 radical (unpaired) electrons. The summed E-state index contributed by atoms with van der Waals surface area (Å²) in [7, 11) is -9.87. The van der Waals surface area contributed by atoms with Crippen LogP contribution in [0, 0.1) is 5.92 Å². The molecule has 0 bridgehead atoms. The van der Waals surface area contributed by atoms with Crippen LogP contribution in [0.4, 0.5) is 0 Å². The first-order valence-corrected chi connectivity index (χ1v) is 36.6. The average molecular weight is 1230 g/mol. The van der Waals surface area contributed by atoms with E-state index in [1.165, 1.54) is 135 Å². The Balaban J connectivity index is 5.07. The van der Waals surface area contributed by atoms with Crippen LogP contribution in [0.1, 0.15) is 324 Å². The molecule has 0 fully saturated rings. The molecule has 0 heterocycles. The summed E-state index contributed by atoms with van der Waals surface area (Å²) in [5.41, 5.74) is 0. The van der Waals surface area contributed by atoms with E-state index in [4.69, 9.17) is 37.0 Å². The minimum absolute atomic E-state index is 0.105. The van der Waals surface area contributed by atoms with Crippen molar-refractivity contribution in [2.75, 3.05) is 39.6 Å². The zero-order valence-electron chi connectivity index (χ0n) is 53.3. The van der Waals surface area contributed by atoms with Crippen molar-refractivity contribution in [2.24, 2.45) is 5.92 Å². The number of hydrogen-bond acceptors (Lipinski definition) is 15. The number of carbonyl (C=O) groups is 4. The van der Waals surface area contributed by atoms with E-state index in [-0.39, 0.29) is 25.7 Å². The maximum Gasteiger partial charge on any atom is 0.472 e. The maximum atomic E-state index is 13.0. The van der Waals surface area contributed by atoms with Gasteiger partial charge in [0.1, 0.15) is 19.3 Å². The third-order valence-corrected chi connectivity index (χ3v) is 16.7. The second-order valence-electron chi connectivity index (χ2n) is 23.6. The van der Waals surface area contributed by atoms with Gasteiger partial charge < -0.3 is 33.8 Å². The molecule has 83 heavy (non-hydrogen) atoms. The number of aliphatic hydroxyl groups is 1. The molecule has 3 N–H and O–H groups in total. The lowest BCUT2D eigenvalue weighted by molar-refractivity contribution is -0.161. The van der Waals surface area contributed by atoms with Crippen molar-refractivity contribution in [3.05, 3.63) is 0 Å². The van der Waals surface area contributed by atoms with Gasteiger partial charge in [0.2, 0.25) is 0 Å². The van der Waals surface area contributed by atoms with Crippen LogP contribution in [0.2, 0.25) is 0 Å². The number of rotatable bonds is 64. The largest absolute Gasteiger partial charge is 0.472 e. The fourth-order valence-corrected chi connectivity index (χ4v) is 11.2. The van der Waals surface area contributed by atoms with E-state index in [9.17, 15) is 43.2 Å². The number of carbonyl (C=O) groups excluding carboxylic acids is 4. The second kappa shape index (κ2) is 57.8. The van der Waals surface area contributed by atoms with Crippen molar-refractivity contribution in [1.82, 2.24) is 0 Å². The van der Waals surface area contributed by atoms with Gasteiger partial charge in [-0.2, -0.15) is 0 Å². The predicted molar refractivity (Wildman–Crippen MR) is 331 cm³/mol. The molecular weight excluding hydrogens is 1100 g/mol. The molecular formula is C64H124O17P2. The molecule has 0 saturated heterocycles. The van der Waals surface area contributed by atoms with Crippen LogP contribution < -0.4 is 0 Å². The number of phosphoric ester groups is 2. The first kappa shape index (κ1) is 81.1. The Morgan fingerprint density at radius 2 is 0.554 bits per heavy atom. The Labute approximate surface area is 505 Å². The fraction of sp³-hybridized carbons (Fsp3) is 0.938. The van der Waals surface area contributed by atoms with Gasteiger partial charge in [-0.25, -0.2) is 9.13 Å². The second-order valence-corrected chi connectivity index (χ2v) is 26.5. The van der Waals surface area contributed by atoms with Gasteiger partial charge in [-0.15, -0.1) is 0 Å². The highest BCUT2D eigenvalue weighted by atomic mass is 31.2. The van der Waals surface area contributed by atoms with Gasteiger partial charge in [0.15, 0.2) is 12.2 Å². The van der Waals surface area contributed by atoms with Crippen molar-refractivity contribution in [3.63, 3.8) is 0 Å². The predicted octanol–water partition coefficient (Wildman–Crippen LogP) is 17.8. The molecule has 492 valence electrons. The molecule has 0 aliphatic heterocycles. The summed E-state index contributed by atoms with van der Waals surface area (Å²) in [5, 5.41) is 10.5. The molecule has 17 nitrogen and oxygen atoms in total. The summed E-state index contributed by atoms with van der Waals surface area (Å²) in [6, 6.07) is 0. The normalized spacial score (nSPS) is 14.2. The van der Waals surface area contributed by atoms with Gasteiger partial charge in [-0.3, -0.25) is 37.3 Å². The Bertz CT molecular complexity index is 1620. The summed E-state index contributed by atoms with van der Waals surface area (Å²) in [6.45, 7) is 7.00. The number of phosphoric acid groups is 2. The lowest BCUT2D eigenvalue weighted by Gasteiger charge is -2.21. The highest BCUT2D eigenvalue weighted by molar-refractivity contribution is 7.47. The van der Waals surface area contributed by atoms with E-state index in [2.05, 4.69) is 34.6 Å². The van der Waals surface area contributed by atoms with E-state index < -0.39 is 97.5 Å². The van der Waals surface area contributed by atoms with Crippen LogP contribution in [-0.2, 0) is 65.4 Å². The van der Waals surface area contributed by atoms with Gasteiger partial charge in [0, 0.05) is 25.7 Å². The lowest BCUT2D eigenvalue weighted by atomic mass is 10.0. The minimum Gasteiger partial charge on any atom is -0.462 e. The third kappa shape index (κ3) is 58.8. The molecule has 2 unspecified atom stereocenters. The smallest absolute Gasteiger partial charge is 0.462 e. The van der Waals surface area contributed by atoms with Crippen molar-refractivity contribution >= 4 is 39.5 Å². The van der Waals surface area contributed by atoms with E-state index in [0.717, 1.165) is 103 Å². The highest BCUT2D eigenvalue weighted by Crippen LogP contribution is 2.45. The molecule has 0 aromatic rings.